The van der Waals surface area contributed by atoms with Crippen LogP contribution in [0.2, 0.25) is 0 Å². The minimum absolute atomic E-state index is 0.0547. The van der Waals surface area contributed by atoms with Gasteiger partial charge in [0.25, 0.3) is 0 Å². The summed E-state index contributed by atoms with van der Waals surface area (Å²) in [5.74, 6) is 1.12. The normalized spacial score (nSPS) is 19.8. The van der Waals surface area contributed by atoms with Gasteiger partial charge in [0, 0.05) is 31.6 Å². The van der Waals surface area contributed by atoms with Crippen LogP contribution in [0.4, 0.5) is 5.69 Å². The van der Waals surface area contributed by atoms with Gasteiger partial charge in [-0.25, -0.2) is 0 Å². The molecule has 0 heterocycles. The Morgan fingerprint density at radius 3 is 2.42 bits per heavy atom. The second-order valence-corrected chi connectivity index (χ2v) is 7.54. The van der Waals surface area contributed by atoms with Crippen LogP contribution in [0.5, 0.6) is 0 Å². The first-order valence-corrected chi connectivity index (χ1v) is 10.2. The molecule has 0 aromatic heterocycles. The van der Waals surface area contributed by atoms with E-state index >= 15 is 0 Å². The topological polar surface area (TPSA) is 49.4 Å². The van der Waals surface area contributed by atoms with E-state index in [-0.39, 0.29) is 17.7 Å². The van der Waals surface area contributed by atoms with Crippen LogP contribution in [-0.4, -0.2) is 23.3 Å². The number of hydrogen-bond donors (Lipinski definition) is 1. The zero-order valence-corrected chi connectivity index (χ0v) is 16.6. The number of hydrogen-bond acceptors (Lipinski definition) is 2. The second kappa shape index (κ2) is 10.3. The largest absolute Gasteiger partial charge is 0.339 e. The fraction of sp³-hybridized carbons (Fsp3) is 0.636. The first-order chi connectivity index (χ1) is 12.5. The average molecular weight is 359 g/mol. The fourth-order valence-electron chi connectivity index (χ4n) is 3.87. The van der Waals surface area contributed by atoms with Crippen molar-refractivity contribution >= 4 is 17.5 Å². The summed E-state index contributed by atoms with van der Waals surface area (Å²) in [7, 11) is 0. The lowest BCUT2D eigenvalue weighted by Gasteiger charge is -2.28. The third-order valence-electron chi connectivity index (χ3n) is 5.65. The summed E-state index contributed by atoms with van der Waals surface area (Å²) in [6.45, 7) is 7.00. The molecule has 1 fully saturated rings. The molecule has 0 saturated heterocycles. The minimum Gasteiger partial charge on any atom is -0.339 e. The van der Waals surface area contributed by atoms with E-state index in [4.69, 9.17) is 0 Å². The number of benzene rings is 1. The molecule has 1 saturated carbocycles. The Kier molecular flexibility index (Phi) is 8.14. The highest BCUT2D eigenvalue weighted by molar-refractivity contribution is 5.93. The number of unbranched alkanes of at least 4 members (excludes halogenated alkanes) is 1. The molecule has 0 unspecified atom stereocenters. The lowest BCUT2D eigenvalue weighted by Crippen LogP contribution is -2.30. The Morgan fingerprint density at radius 2 is 1.81 bits per heavy atom. The van der Waals surface area contributed by atoms with E-state index in [2.05, 4.69) is 12.2 Å². The van der Waals surface area contributed by atoms with Crippen LogP contribution in [0, 0.1) is 11.8 Å². The Labute approximate surface area is 158 Å². The van der Waals surface area contributed by atoms with Gasteiger partial charge in [0.1, 0.15) is 0 Å². The zero-order valence-electron chi connectivity index (χ0n) is 16.6. The van der Waals surface area contributed by atoms with Gasteiger partial charge < -0.3 is 10.2 Å². The summed E-state index contributed by atoms with van der Waals surface area (Å²) in [4.78, 5) is 26.2. The first-order valence-electron chi connectivity index (χ1n) is 10.2. The van der Waals surface area contributed by atoms with Gasteiger partial charge in [0.15, 0.2) is 0 Å². The number of amides is 2. The Balaban J connectivity index is 1.94. The third-order valence-corrected chi connectivity index (χ3v) is 5.65. The molecule has 0 bridgehead atoms. The molecule has 4 heteroatoms. The van der Waals surface area contributed by atoms with E-state index in [1.165, 1.54) is 32.1 Å². The van der Waals surface area contributed by atoms with E-state index in [0.717, 1.165) is 30.0 Å². The maximum absolute atomic E-state index is 12.7. The molecular weight excluding hydrogens is 324 g/mol. The number of nitrogens with zero attached hydrogens (tertiary/aromatic N) is 1. The average Bonchev–Trinajstić information content (AvgIpc) is 2.65. The van der Waals surface area contributed by atoms with Crippen LogP contribution < -0.4 is 5.32 Å². The van der Waals surface area contributed by atoms with Gasteiger partial charge in [-0.3, -0.25) is 9.59 Å². The number of anilines is 1. The maximum Gasteiger partial charge on any atom is 0.227 e. The van der Waals surface area contributed by atoms with Crippen molar-refractivity contribution in [3.05, 3.63) is 29.8 Å². The van der Waals surface area contributed by atoms with Crippen molar-refractivity contribution in [2.45, 2.75) is 72.3 Å². The highest BCUT2D eigenvalue weighted by Gasteiger charge is 2.26. The van der Waals surface area contributed by atoms with Crippen molar-refractivity contribution in [3.8, 4) is 0 Å². The quantitative estimate of drug-likeness (QED) is 0.711. The van der Waals surface area contributed by atoms with Gasteiger partial charge in [-0.2, -0.15) is 0 Å². The van der Waals surface area contributed by atoms with Crippen molar-refractivity contribution < 1.29 is 9.59 Å². The molecule has 0 atom stereocenters. The summed E-state index contributed by atoms with van der Waals surface area (Å²) >= 11 is 0. The molecule has 0 radical (unpaired) electrons. The van der Waals surface area contributed by atoms with Crippen LogP contribution in [0.15, 0.2) is 24.3 Å². The van der Waals surface area contributed by atoms with Crippen molar-refractivity contribution in [1.82, 2.24) is 4.90 Å². The smallest absolute Gasteiger partial charge is 0.227 e. The van der Waals surface area contributed by atoms with Crippen LogP contribution in [0.3, 0.4) is 0 Å². The van der Waals surface area contributed by atoms with Crippen LogP contribution in [-0.2, 0) is 16.1 Å². The van der Waals surface area contributed by atoms with Gasteiger partial charge in [-0.1, -0.05) is 44.4 Å². The summed E-state index contributed by atoms with van der Waals surface area (Å²) in [5.41, 5.74) is 1.83. The number of carbonyl (C=O) groups excluding carboxylic acids is 2. The highest BCUT2D eigenvalue weighted by Crippen LogP contribution is 2.32. The molecule has 1 aliphatic carbocycles. The molecule has 1 N–H and O–H groups in total. The summed E-state index contributed by atoms with van der Waals surface area (Å²) < 4.78 is 0. The summed E-state index contributed by atoms with van der Waals surface area (Å²) in [5, 5.41) is 3.13. The number of carbonyl (C=O) groups is 2. The van der Waals surface area contributed by atoms with Crippen molar-refractivity contribution in [1.29, 1.82) is 0 Å². The summed E-state index contributed by atoms with van der Waals surface area (Å²) in [6, 6.07) is 7.82. The third kappa shape index (κ3) is 5.86. The number of nitrogens with one attached hydrogen (secondary N) is 1. The van der Waals surface area contributed by atoms with Crippen LogP contribution in [0.25, 0.3) is 0 Å². The van der Waals surface area contributed by atoms with Crippen molar-refractivity contribution in [2.24, 2.45) is 11.8 Å². The second-order valence-electron chi connectivity index (χ2n) is 7.54. The van der Waals surface area contributed by atoms with Crippen molar-refractivity contribution in [3.63, 3.8) is 0 Å². The predicted molar refractivity (Wildman–Crippen MR) is 107 cm³/mol. The van der Waals surface area contributed by atoms with Gasteiger partial charge in [-0.15, -0.1) is 0 Å². The highest BCUT2D eigenvalue weighted by atomic mass is 16.2. The lowest BCUT2D eigenvalue weighted by molar-refractivity contribution is -0.129. The minimum atomic E-state index is 0.0547. The first kappa shape index (κ1) is 20.5. The van der Waals surface area contributed by atoms with E-state index in [9.17, 15) is 9.59 Å². The monoisotopic (exact) mass is 358 g/mol. The van der Waals surface area contributed by atoms with Gasteiger partial charge in [-0.05, 0) is 50.2 Å². The van der Waals surface area contributed by atoms with Crippen LogP contribution in [0.1, 0.15) is 71.3 Å². The van der Waals surface area contributed by atoms with Gasteiger partial charge in [0.2, 0.25) is 11.8 Å². The maximum atomic E-state index is 12.7. The molecule has 0 spiro atoms. The Morgan fingerprint density at radius 1 is 1.12 bits per heavy atom. The van der Waals surface area contributed by atoms with Gasteiger partial charge >= 0.3 is 0 Å². The molecule has 2 rings (SSSR count). The lowest BCUT2D eigenvalue weighted by atomic mass is 9.79. The molecule has 26 heavy (non-hydrogen) atoms. The molecule has 2 amide bonds. The van der Waals surface area contributed by atoms with E-state index in [0.29, 0.717) is 13.1 Å². The SMILES string of the molecule is CCCCC1CCC(C(=O)Nc2ccccc2CN(CC)C(C)=O)CC1. The van der Waals surface area contributed by atoms with Crippen molar-refractivity contribution in [2.75, 3.05) is 11.9 Å². The Bertz CT molecular complexity index is 592. The molecule has 1 aromatic carbocycles. The number of para-hydroxylation sites is 1. The van der Waals surface area contributed by atoms with E-state index < -0.39 is 0 Å². The van der Waals surface area contributed by atoms with Gasteiger partial charge in [0.05, 0.1) is 0 Å². The van der Waals surface area contributed by atoms with E-state index in [1.807, 2.05) is 31.2 Å². The van der Waals surface area contributed by atoms with Crippen LogP contribution >= 0.6 is 0 Å². The summed E-state index contributed by atoms with van der Waals surface area (Å²) in [6.07, 6.45) is 8.21. The molecule has 1 aliphatic rings. The predicted octanol–water partition coefficient (Wildman–Crippen LogP) is 4.99. The molecule has 1 aromatic rings. The molecule has 0 aliphatic heterocycles. The Hall–Kier alpha value is -1.84. The zero-order chi connectivity index (χ0) is 18.9. The molecule has 144 valence electrons. The fourth-order valence-corrected chi connectivity index (χ4v) is 3.87. The number of rotatable bonds is 8. The standard InChI is InChI=1S/C22H34N2O2/c1-4-6-9-18-12-14-19(15-13-18)22(26)23-21-11-8-7-10-20(21)16-24(5-2)17(3)25/h7-8,10-11,18-19H,4-6,9,12-16H2,1-3H3,(H,23,26). The molecular formula is C22H34N2O2. The van der Waals surface area contributed by atoms with E-state index in [1.54, 1.807) is 11.8 Å². The molecule has 4 nitrogen and oxygen atoms in total.